The summed E-state index contributed by atoms with van der Waals surface area (Å²) in [4.78, 5) is 26.4. The van der Waals surface area contributed by atoms with Crippen LogP contribution in [0.3, 0.4) is 0 Å². The molecule has 0 aliphatic carbocycles. The molecule has 3 rings (SSSR count). The van der Waals surface area contributed by atoms with Crippen LogP contribution < -0.4 is 4.74 Å². The van der Waals surface area contributed by atoms with Crippen LogP contribution in [0.1, 0.15) is 5.56 Å². The van der Waals surface area contributed by atoms with Crippen molar-refractivity contribution < 1.29 is 19.6 Å². The highest BCUT2D eigenvalue weighted by Gasteiger charge is 2.16. The molecule has 0 amide bonds. The van der Waals surface area contributed by atoms with E-state index in [1.54, 1.807) is 12.1 Å². The minimum atomic E-state index is -0.611. The van der Waals surface area contributed by atoms with E-state index in [-0.39, 0.29) is 41.6 Å². The summed E-state index contributed by atoms with van der Waals surface area (Å²) in [5, 5.41) is 28.9. The van der Waals surface area contributed by atoms with Gasteiger partial charge in [0, 0.05) is 17.8 Å². The summed E-state index contributed by atoms with van der Waals surface area (Å²) in [7, 11) is 1.28. The molecule has 0 fully saturated rings. The van der Waals surface area contributed by atoms with Crippen molar-refractivity contribution in [3.63, 3.8) is 0 Å². The van der Waals surface area contributed by atoms with Crippen molar-refractivity contribution in [3.05, 3.63) is 52.1 Å². The third kappa shape index (κ3) is 3.89. The van der Waals surface area contributed by atoms with Crippen LogP contribution in [-0.4, -0.2) is 50.7 Å². The number of fused-ring (bicyclic) bond motifs is 1. The Kier molecular flexibility index (Phi) is 5.06. The van der Waals surface area contributed by atoms with Crippen molar-refractivity contribution in [1.82, 2.24) is 15.0 Å². The Labute approximate surface area is 152 Å². The largest absolute Gasteiger partial charge is 0.504 e. The lowest BCUT2D eigenvalue weighted by molar-refractivity contribution is -0.385. The first-order chi connectivity index (χ1) is 13.0. The molecule has 1 aromatic heterocycles. The second-order valence-electron chi connectivity index (χ2n) is 5.59. The molecule has 2 aromatic carbocycles. The van der Waals surface area contributed by atoms with Gasteiger partial charge in [0.25, 0.3) is 5.69 Å². The van der Waals surface area contributed by atoms with Crippen LogP contribution in [0.5, 0.6) is 11.5 Å². The lowest BCUT2D eigenvalue weighted by Crippen LogP contribution is -2.14. The van der Waals surface area contributed by atoms with Crippen molar-refractivity contribution in [1.29, 1.82) is 0 Å². The van der Waals surface area contributed by atoms with E-state index in [0.29, 0.717) is 5.52 Å². The Morgan fingerprint density at radius 3 is 2.93 bits per heavy atom. The first-order valence-corrected chi connectivity index (χ1v) is 7.84. The summed E-state index contributed by atoms with van der Waals surface area (Å²) in [6, 6.07) is 9.50. The van der Waals surface area contributed by atoms with Crippen molar-refractivity contribution >= 4 is 28.7 Å². The number of nitro benzene ring substituents is 1. The highest BCUT2D eigenvalue weighted by molar-refractivity contribution is 5.89. The number of rotatable bonds is 7. The van der Waals surface area contributed by atoms with Crippen LogP contribution in [-0.2, 0) is 11.3 Å². The number of para-hydroxylation sites is 1. The fourth-order valence-electron chi connectivity index (χ4n) is 2.47. The summed E-state index contributed by atoms with van der Waals surface area (Å²) in [5.74, 6) is -0.577. The summed E-state index contributed by atoms with van der Waals surface area (Å²) < 4.78 is 6.39. The van der Waals surface area contributed by atoms with Gasteiger partial charge in [0.1, 0.15) is 12.1 Å². The number of hydrogen-bond donors (Lipinski definition) is 1. The number of aromatic hydroxyl groups is 1. The molecule has 10 heteroatoms. The average Bonchev–Trinajstić information content (AvgIpc) is 3.06. The maximum Gasteiger partial charge on any atom is 0.274 e. The predicted octanol–water partition coefficient (Wildman–Crippen LogP) is 1.74. The van der Waals surface area contributed by atoms with Gasteiger partial charge in [0.05, 0.1) is 30.2 Å². The Bertz CT molecular complexity index is 1040. The van der Waals surface area contributed by atoms with E-state index >= 15 is 0 Å². The average molecular weight is 369 g/mol. The van der Waals surface area contributed by atoms with Crippen molar-refractivity contribution in [2.45, 2.75) is 6.54 Å². The van der Waals surface area contributed by atoms with E-state index in [9.17, 15) is 20.0 Å². The smallest absolute Gasteiger partial charge is 0.274 e. The molecule has 0 bridgehead atoms. The number of Topliss-reactive ketones (excluding diaryl/α,β-unsaturated/α-hetero) is 1. The number of phenols is 1. The normalized spacial score (nSPS) is 11.1. The van der Waals surface area contributed by atoms with Gasteiger partial charge in [-0.2, -0.15) is 0 Å². The fraction of sp³-hybridized carbons (Fsp3) is 0.176. The SMILES string of the molecule is COc1cc([N+](=O)[O-])cc(C=NCC(=O)Cn2nnc3ccccc32)c1O. The number of non-ortho nitro benzene ring substituents is 1. The number of ether oxygens (including phenoxy) is 1. The molecule has 0 unspecified atom stereocenters. The van der Waals surface area contributed by atoms with E-state index in [2.05, 4.69) is 15.3 Å². The number of carbonyl (C=O) groups excluding carboxylic acids is 1. The van der Waals surface area contributed by atoms with Crippen LogP contribution in [0.15, 0.2) is 41.4 Å². The molecule has 10 nitrogen and oxygen atoms in total. The molecule has 1 N–H and O–H groups in total. The standard InChI is InChI=1S/C17H15N5O5/c1-27-16-7-12(22(25)26)6-11(17(16)24)8-18-9-13(23)10-21-15-5-3-2-4-14(15)19-20-21/h2-8,24H,9-10H2,1H3. The van der Waals surface area contributed by atoms with Gasteiger partial charge in [-0.05, 0) is 12.1 Å². The van der Waals surface area contributed by atoms with Gasteiger partial charge >= 0.3 is 0 Å². The number of hydrogen-bond acceptors (Lipinski definition) is 8. The Hall–Kier alpha value is -3.82. The lowest BCUT2D eigenvalue weighted by atomic mass is 10.1. The second-order valence-corrected chi connectivity index (χ2v) is 5.59. The van der Waals surface area contributed by atoms with Gasteiger partial charge in [-0.1, -0.05) is 17.3 Å². The third-order valence-electron chi connectivity index (χ3n) is 3.76. The molecule has 0 spiro atoms. The van der Waals surface area contributed by atoms with Crippen LogP contribution in [0.4, 0.5) is 5.69 Å². The molecule has 27 heavy (non-hydrogen) atoms. The highest BCUT2D eigenvalue weighted by Crippen LogP contribution is 2.33. The van der Waals surface area contributed by atoms with E-state index in [0.717, 1.165) is 17.6 Å². The zero-order valence-electron chi connectivity index (χ0n) is 14.3. The van der Waals surface area contributed by atoms with Crippen LogP contribution in [0, 0.1) is 10.1 Å². The Morgan fingerprint density at radius 1 is 1.41 bits per heavy atom. The highest BCUT2D eigenvalue weighted by atomic mass is 16.6. The van der Waals surface area contributed by atoms with Crippen molar-refractivity contribution in [2.75, 3.05) is 13.7 Å². The Balaban J connectivity index is 1.72. The zero-order chi connectivity index (χ0) is 19.4. The summed E-state index contributed by atoms with van der Waals surface area (Å²) in [5.41, 5.74) is 1.24. The molecular formula is C17H15N5O5. The maximum atomic E-state index is 12.1. The fourth-order valence-corrected chi connectivity index (χ4v) is 2.47. The van der Waals surface area contributed by atoms with Crippen molar-refractivity contribution in [3.8, 4) is 11.5 Å². The molecule has 0 aliphatic heterocycles. The van der Waals surface area contributed by atoms with Gasteiger partial charge in [0.2, 0.25) is 0 Å². The van der Waals surface area contributed by atoms with E-state index < -0.39 is 4.92 Å². The quantitative estimate of drug-likeness (QED) is 0.381. The number of methoxy groups -OCH3 is 1. The molecule has 0 saturated carbocycles. The first-order valence-electron chi connectivity index (χ1n) is 7.84. The number of ketones is 1. The second kappa shape index (κ2) is 7.60. The number of carbonyl (C=O) groups is 1. The number of phenolic OH excluding ortho intramolecular Hbond substituents is 1. The number of aliphatic imine (C=N–C) groups is 1. The molecule has 3 aromatic rings. The summed E-state index contributed by atoms with van der Waals surface area (Å²) in [6.07, 6.45) is 1.20. The van der Waals surface area contributed by atoms with Gasteiger partial charge < -0.3 is 9.84 Å². The molecule has 0 radical (unpaired) electrons. The first kappa shape index (κ1) is 18.0. The zero-order valence-corrected chi connectivity index (χ0v) is 14.3. The minimum absolute atomic E-state index is 0.0118. The number of nitrogens with zero attached hydrogens (tertiary/aromatic N) is 5. The minimum Gasteiger partial charge on any atom is -0.504 e. The van der Waals surface area contributed by atoms with Gasteiger partial charge in [0.15, 0.2) is 17.3 Å². The van der Waals surface area contributed by atoms with Gasteiger partial charge in [-0.25, -0.2) is 4.68 Å². The number of nitro groups is 1. The molecule has 0 aliphatic rings. The Morgan fingerprint density at radius 2 is 2.19 bits per heavy atom. The monoisotopic (exact) mass is 369 g/mol. The lowest BCUT2D eigenvalue weighted by Gasteiger charge is -2.06. The van der Waals surface area contributed by atoms with Crippen LogP contribution in [0.25, 0.3) is 11.0 Å². The number of benzene rings is 2. The van der Waals surface area contributed by atoms with Crippen molar-refractivity contribution in [2.24, 2.45) is 4.99 Å². The molecule has 0 atom stereocenters. The summed E-state index contributed by atoms with van der Waals surface area (Å²) in [6.45, 7) is -0.194. The molecular weight excluding hydrogens is 354 g/mol. The van der Waals surface area contributed by atoms with E-state index in [4.69, 9.17) is 4.74 Å². The van der Waals surface area contributed by atoms with E-state index in [1.807, 2.05) is 12.1 Å². The molecule has 0 saturated heterocycles. The third-order valence-corrected chi connectivity index (χ3v) is 3.76. The van der Waals surface area contributed by atoms with Gasteiger partial charge in [-0.15, -0.1) is 5.10 Å². The number of aromatic nitrogens is 3. The maximum absolute atomic E-state index is 12.1. The molecule has 138 valence electrons. The van der Waals surface area contributed by atoms with Gasteiger partial charge in [-0.3, -0.25) is 19.9 Å². The topological polar surface area (TPSA) is 133 Å². The summed E-state index contributed by atoms with van der Waals surface area (Å²) >= 11 is 0. The van der Waals surface area contributed by atoms with Crippen LogP contribution in [0.2, 0.25) is 0 Å². The predicted molar refractivity (Wildman–Crippen MR) is 96.3 cm³/mol. The molecule has 1 heterocycles. The van der Waals surface area contributed by atoms with E-state index in [1.165, 1.54) is 18.0 Å². The van der Waals surface area contributed by atoms with Crippen LogP contribution >= 0.6 is 0 Å².